The van der Waals surface area contributed by atoms with Crippen molar-refractivity contribution in [3.05, 3.63) is 94.0 Å². The quantitative estimate of drug-likeness (QED) is 0.373. The smallest absolute Gasteiger partial charge is 0.310 e. The normalized spacial score (nSPS) is 12.5. The number of nitrogens with zero attached hydrogens (tertiary/aromatic N) is 2. The van der Waals surface area contributed by atoms with Gasteiger partial charge in [-0.1, -0.05) is 24.3 Å². The van der Waals surface area contributed by atoms with Gasteiger partial charge in [-0.05, 0) is 42.5 Å². The summed E-state index contributed by atoms with van der Waals surface area (Å²) < 4.78 is 5.25. The van der Waals surface area contributed by atoms with E-state index in [0.29, 0.717) is 22.5 Å². The number of para-hydroxylation sites is 2. The van der Waals surface area contributed by atoms with Crippen LogP contribution in [0.15, 0.2) is 72.8 Å². The van der Waals surface area contributed by atoms with E-state index in [0.717, 1.165) is 4.90 Å². The van der Waals surface area contributed by atoms with E-state index >= 15 is 0 Å². The number of ether oxygens (including phenoxy) is 1. The Labute approximate surface area is 176 Å². The molecule has 0 spiro atoms. The minimum absolute atomic E-state index is 0.0105. The van der Waals surface area contributed by atoms with Crippen LogP contribution in [0, 0.1) is 10.1 Å². The van der Waals surface area contributed by atoms with Crippen molar-refractivity contribution in [1.29, 1.82) is 0 Å². The molecule has 0 atom stereocenters. The Kier molecular flexibility index (Phi) is 5.15. The van der Waals surface area contributed by atoms with Gasteiger partial charge in [-0.25, -0.2) is 4.90 Å². The van der Waals surface area contributed by atoms with Crippen LogP contribution < -0.4 is 15.0 Å². The monoisotopic (exact) mass is 417 g/mol. The zero-order chi connectivity index (χ0) is 22.0. The molecule has 4 rings (SSSR count). The van der Waals surface area contributed by atoms with E-state index in [9.17, 15) is 24.5 Å². The molecular formula is C22H15N3O6. The molecule has 1 aliphatic rings. The number of hydrogen-bond donors (Lipinski definition) is 1. The second kappa shape index (κ2) is 8.07. The predicted molar refractivity (Wildman–Crippen MR) is 111 cm³/mol. The maximum atomic E-state index is 12.5. The summed E-state index contributed by atoms with van der Waals surface area (Å²) in [7, 11) is 0. The summed E-state index contributed by atoms with van der Waals surface area (Å²) in [5.74, 6) is -1.35. The topological polar surface area (TPSA) is 119 Å². The second-order valence-electron chi connectivity index (χ2n) is 6.60. The fraction of sp³-hybridized carbons (Fsp3) is 0.0455. The lowest BCUT2D eigenvalue weighted by Gasteiger charge is -2.14. The van der Waals surface area contributed by atoms with E-state index in [1.54, 1.807) is 54.6 Å². The zero-order valence-corrected chi connectivity index (χ0v) is 16.0. The van der Waals surface area contributed by atoms with Crippen molar-refractivity contribution >= 4 is 34.8 Å². The van der Waals surface area contributed by atoms with Crippen LogP contribution in [0.2, 0.25) is 0 Å². The summed E-state index contributed by atoms with van der Waals surface area (Å²) >= 11 is 0. The number of imide groups is 1. The number of nitro benzene ring substituents is 1. The number of anilines is 2. The highest BCUT2D eigenvalue weighted by atomic mass is 16.6. The first-order chi connectivity index (χ1) is 15.0. The van der Waals surface area contributed by atoms with Gasteiger partial charge in [0.15, 0.2) is 12.4 Å². The lowest BCUT2D eigenvalue weighted by atomic mass is 10.1. The number of amides is 3. The number of hydrogen-bond acceptors (Lipinski definition) is 6. The molecule has 1 aliphatic heterocycles. The number of carbonyl (C=O) groups excluding carboxylic acids is 3. The molecule has 0 unspecified atom stereocenters. The Bertz CT molecular complexity index is 1170. The van der Waals surface area contributed by atoms with Gasteiger partial charge in [0.2, 0.25) is 0 Å². The number of nitrogens with one attached hydrogen (secondary N) is 1. The predicted octanol–water partition coefficient (Wildman–Crippen LogP) is 3.41. The average molecular weight is 417 g/mol. The van der Waals surface area contributed by atoms with Crippen molar-refractivity contribution in [3.63, 3.8) is 0 Å². The summed E-state index contributed by atoms with van der Waals surface area (Å²) in [4.78, 5) is 48.7. The van der Waals surface area contributed by atoms with Crippen molar-refractivity contribution in [2.24, 2.45) is 0 Å². The van der Waals surface area contributed by atoms with E-state index in [-0.39, 0.29) is 11.4 Å². The minimum atomic E-state index is -0.592. The molecule has 3 amide bonds. The number of fused-ring (bicyclic) bond motifs is 1. The van der Waals surface area contributed by atoms with E-state index in [1.807, 2.05) is 0 Å². The second-order valence-corrected chi connectivity index (χ2v) is 6.60. The molecule has 3 aromatic rings. The molecule has 1 N–H and O–H groups in total. The Morgan fingerprint density at radius 1 is 0.903 bits per heavy atom. The molecular weight excluding hydrogens is 402 g/mol. The summed E-state index contributed by atoms with van der Waals surface area (Å²) in [5.41, 5.74) is 1.24. The molecule has 31 heavy (non-hydrogen) atoms. The lowest BCUT2D eigenvalue weighted by molar-refractivity contribution is -0.385. The van der Waals surface area contributed by atoms with Gasteiger partial charge >= 0.3 is 5.69 Å². The van der Waals surface area contributed by atoms with Crippen LogP contribution in [0.3, 0.4) is 0 Å². The maximum Gasteiger partial charge on any atom is 0.310 e. The molecule has 0 aliphatic carbocycles. The van der Waals surface area contributed by atoms with E-state index in [2.05, 4.69) is 5.32 Å². The van der Waals surface area contributed by atoms with Crippen molar-refractivity contribution in [3.8, 4) is 5.75 Å². The Balaban J connectivity index is 1.41. The van der Waals surface area contributed by atoms with Crippen molar-refractivity contribution in [2.75, 3.05) is 16.8 Å². The summed E-state index contributed by atoms with van der Waals surface area (Å²) in [5, 5.41) is 13.6. The minimum Gasteiger partial charge on any atom is -0.477 e. The third-order valence-electron chi connectivity index (χ3n) is 4.62. The van der Waals surface area contributed by atoms with Crippen molar-refractivity contribution in [2.45, 2.75) is 0 Å². The molecule has 1 heterocycles. The van der Waals surface area contributed by atoms with Gasteiger partial charge in [0.25, 0.3) is 17.7 Å². The van der Waals surface area contributed by atoms with Gasteiger partial charge in [-0.15, -0.1) is 0 Å². The van der Waals surface area contributed by atoms with Crippen LogP contribution in [0.1, 0.15) is 20.7 Å². The highest BCUT2D eigenvalue weighted by molar-refractivity contribution is 6.34. The fourth-order valence-corrected chi connectivity index (χ4v) is 3.19. The van der Waals surface area contributed by atoms with Crippen LogP contribution in [0.25, 0.3) is 0 Å². The first-order valence-electron chi connectivity index (χ1n) is 9.19. The molecule has 0 fully saturated rings. The number of carbonyl (C=O) groups is 3. The Morgan fingerprint density at radius 3 is 2.10 bits per heavy atom. The third kappa shape index (κ3) is 3.84. The maximum absolute atomic E-state index is 12.5. The van der Waals surface area contributed by atoms with Crippen LogP contribution in [-0.4, -0.2) is 29.3 Å². The average Bonchev–Trinajstić information content (AvgIpc) is 3.03. The molecule has 9 heteroatoms. The first kappa shape index (κ1) is 19.8. The molecule has 154 valence electrons. The number of rotatable bonds is 6. The highest BCUT2D eigenvalue weighted by Gasteiger charge is 2.36. The molecule has 0 saturated carbocycles. The van der Waals surface area contributed by atoms with Gasteiger partial charge in [-0.2, -0.15) is 0 Å². The first-order valence-corrected chi connectivity index (χ1v) is 9.19. The summed E-state index contributed by atoms with van der Waals surface area (Å²) in [6.07, 6.45) is 0. The molecule has 0 saturated heterocycles. The SMILES string of the molecule is O=C(COc1ccccc1[N+](=O)[O-])Nc1ccc(N2C(=O)c3ccccc3C2=O)cc1. The van der Waals surface area contributed by atoms with Crippen LogP contribution in [-0.2, 0) is 4.79 Å². The van der Waals surface area contributed by atoms with Gasteiger partial charge in [0, 0.05) is 11.8 Å². The van der Waals surface area contributed by atoms with E-state index < -0.39 is 29.3 Å². The lowest BCUT2D eigenvalue weighted by Crippen LogP contribution is -2.29. The molecule has 0 radical (unpaired) electrons. The van der Waals surface area contributed by atoms with Crippen LogP contribution in [0.4, 0.5) is 17.1 Å². The summed E-state index contributed by atoms with van der Waals surface area (Å²) in [6.45, 7) is -0.426. The Morgan fingerprint density at radius 2 is 1.48 bits per heavy atom. The van der Waals surface area contributed by atoms with Gasteiger partial charge < -0.3 is 10.1 Å². The van der Waals surface area contributed by atoms with Gasteiger partial charge in [-0.3, -0.25) is 24.5 Å². The molecule has 0 bridgehead atoms. The van der Waals surface area contributed by atoms with Gasteiger partial charge in [0.05, 0.1) is 21.7 Å². The molecule has 9 nitrogen and oxygen atoms in total. The molecule has 0 aromatic heterocycles. The zero-order valence-electron chi connectivity index (χ0n) is 16.0. The Hall–Kier alpha value is -4.53. The van der Waals surface area contributed by atoms with Crippen LogP contribution >= 0.6 is 0 Å². The third-order valence-corrected chi connectivity index (χ3v) is 4.62. The van der Waals surface area contributed by atoms with Gasteiger partial charge in [0.1, 0.15) is 0 Å². The molecule has 3 aromatic carbocycles. The number of benzene rings is 3. The van der Waals surface area contributed by atoms with Crippen LogP contribution in [0.5, 0.6) is 5.75 Å². The van der Waals surface area contributed by atoms with Crippen molar-refractivity contribution in [1.82, 2.24) is 0 Å². The van der Waals surface area contributed by atoms with E-state index in [4.69, 9.17) is 4.74 Å². The van der Waals surface area contributed by atoms with E-state index in [1.165, 1.54) is 18.2 Å². The highest BCUT2D eigenvalue weighted by Crippen LogP contribution is 2.29. The standard InChI is InChI=1S/C22H15N3O6/c26-20(13-31-19-8-4-3-7-18(19)25(29)30)23-14-9-11-15(12-10-14)24-21(27)16-5-1-2-6-17(16)22(24)28/h1-12H,13H2,(H,23,26). The summed E-state index contributed by atoms with van der Waals surface area (Å²) in [6, 6.07) is 18.5. The number of nitro groups is 1. The fourth-order valence-electron chi connectivity index (χ4n) is 3.19. The largest absolute Gasteiger partial charge is 0.477 e. The van der Waals surface area contributed by atoms with Crippen molar-refractivity contribution < 1.29 is 24.0 Å².